The van der Waals surface area contributed by atoms with Gasteiger partial charge in [-0.2, -0.15) is 0 Å². The van der Waals surface area contributed by atoms with Crippen molar-refractivity contribution >= 4 is 19.5 Å². The lowest BCUT2D eigenvalue weighted by atomic mass is 9.95. The van der Waals surface area contributed by atoms with Crippen molar-refractivity contribution in [3.05, 3.63) is 87.5 Å². The van der Waals surface area contributed by atoms with Crippen molar-refractivity contribution < 1.29 is 4.70 Å². The minimum atomic E-state index is -1.27. The Morgan fingerprint density at radius 3 is 1.53 bits per heavy atom. The van der Waals surface area contributed by atoms with Gasteiger partial charge >= 0.3 is 0 Å². The van der Waals surface area contributed by atoms with Gasteiger partial charge in [0.1, 0.15) is 5.57 Å². The van der Waals surface area contributed by atoms with Crippen LogP contribution in [0.15, 0.2) is 59.7 Å². The van der Waals surface area contributed by atoms with Crippen LogP contribution in [-0.2, 0) is 12.5 Å². The Labute approximate surface area is 303 Å². The predicted octanol–water partition coefficient (Wildman–Crippen LogP) is 14.7. The molecule has 49 heavy (non-hydrogen) atoms. The standard InChI is InChI=1S/C46H70N2Si/c1-7-13-16-17-18-19-20-21-22-23-24-25-26-29-44-43(28-15-9-3)45(42-36-32-40(33-37-42)38-49(10-4,11-5)12-6)48(47)46(44)41-34-30-39(31-35-41)27-14-8-2/h30-37H,7-25,27-28,38H2,1-6H3. The smallest absolute Gasteiger partial charge is 0.223 e. The third-order valence-corrected chi connectivity index (χ3v) is 16.9. The van der Waals surface area contributed by atoms with Crippen LogP contribution in [0.3, 0.4) is 0 Å². The van der Waals surface area contributed by atoms with Gasteiger partial charge in [0.2, 0.25) is 11.4 Å². The normalized spacial score (nSPS) is 13.4. The molecule has 2 aromatic carbocycles. The van der Waals surface area contributed by atoms with E-state index in [9.17, 15) is 5.53 Å². The molecule has 1 aliphatic rings. The van der Waals surface area contributed by atoms with Gasteiger partial charge < -0.3 is 5.53 Å². The van der Waals surface area contributed by atoms with E-state index in [0.717, 1.165) is 66.6 Å². The van der Waals surface area contributed by atoms with Crippen LogP contribution in [-0.4, -0.2) is 12.8 Å². The maximum Gasteiger partial charge on any atom is 0.223 e. The second-order valence-electron chi connectivity index (χ2n) is 14.8. The quantitative estimate of drug-likeness (QED) is 0.0457. The molecule has 2 nitrogen and oxygen atoms in total. The minimum absolute atomic E-state index is 0.855. The van der Waals surface area contributed by atoms with Crippen LogP contribution in [0.2, 0.25) is 18.1 Å². The van der Waals surface area contributed by atoms with E-state index < -0.39 is 8.07 Å². The molecule has 3 rings (SSSR count). The molecule has 0 bridgehead atoms. The van der Waals surface area contributed by atoms with Gasteiger partial charge in [-0.1, -0.05) is 178 Å². The first kappa shape index (κ1) is 40.7. The molecule has 0 saturated carbocycles. The van der Waals surface area contributed by atoms with Crippen molar-refractivity contribution in [2.75, 3.05) is 0 Å². The summed E-state index contributed by atoms with van der Waals surface area (Å²) in [7, 11) is -1.27. The SMILES string of the molecule is CCCCCCCCCCCCCC#CC1=C(c2ccc(CCCC)cc2)[N+](=[N-])C(c2ccc(C[Si](CC)(CC)CC)cc2)=C1CCCC. The first-order valence-corrected chi connectivity index (χ1v) is 23.4. The highest BCUT2D eigenvalue weighted by Crippen LogP contribution is 2.42. The highest BCUT2D eigenvalue weighted by Gasteiger charge is 2.35. The molecule has 0 atom stereocenters. The van der Waals surface area contributed by atoms with Gasteiger partial charge in [0, 0.05) is 23.1 Å². The summed E-state index contributed by atoms with van der Waals surface area (Å²) in [5.74, 6) is 7.22. The molecule has 0 aliphatic carbocycles. The molecule has 0 unspecified atom stereocenters. The Hall–Kier alpha value is -2.70. The molecular weight excluding hydrogens is 609 g/mol. The summed E-state index contributed by atoms with van der Waals surface area (Å²) in [4.78, 5) is 0. The third kappa shape index (κ3) is 12.5. The average molecular weight is 679 g/mol. The van der Waals surface area contributed by atoms with Gasteiger partial charge in [0.25, 0.3) is 0 Å². The molecule has 0 amide bonds. The Kier molecular flexibility index (Phi) is 19.0. The van der Waals surface area contributed by atoms with Gasteiger partial charge in [-0.3, -0.25) is 0 Å². The number of benzene rings is 2. The molecule has 0 N–H and O–H groups in total. The lowest BCUT2D eigenvalue weighted by Crippen LogP contribution is -2.34. The van der Waals surface area contributed by atoms with E-state index in [1.54, 1.807) is 0 Å². The number of hydrogen-bond donors (Lipinski definition) is 0. The summed E-state index contributed by atoms with van der Waals surface area (Å²) in [6, 6.07) is 23.3. The monoisotopic (exact) mass is 679 g/mol. The van der Waals surface area contributed by atoms with E-state index in [1.165, 1.54) is 123 Å². The van der Waals surface area contributed by atoms with Crippen molar-refractivity contribution in [3.8, 4) is 11.8 Å². The second kappa shape index (κ2) is 22.9. The summed E-state index contributed by atoms with van der Waals surface area (Å²) in [5, 5.41) is 0. The maximum absolute atomic E-state index is 12.0. The van der Waals surface area contributed by atoms with Gasteiger partial charge in [0.15, 0.2) is 0 Å². The average Bonchev–Trinajstić information content (AvgIpc) is 3.41. The van der Waals surface area contributed by atoms with Crippen molar-refractivity contribution in [1.82, 2.24) is 0 Å². The largest absolute Gasteiger partial charge is 0.493 e. The number of rotatable bonds is 24. The van der Waals surface area contributed by atoms with Gasteiger partial charge in [-0.25, -0.2) is 4.70 Å². The first-order chi connectivity index (χ1) is 24.0. The molecule has 3 heteroatoms. The molecule has 0 saturated heterocycles. The maximum atomic E-state index is 12.0. The highest BCUT2D eigenvalue weighted by molar-refractivity contribution is 6.79. The van der Waals surface area contributed by atoms with Crippen LogP contribution in [0.1, 0.15) is 173 Å². The number of aryl methyl sites for hydroxylation is 1. The van der Waals surface area contributed by atoms with Crippen LogP contribution in [0.4, 0.5) is 0 Å². The second-order valence-corrected chi connectivity index (χ2v) is 20.3. The lowest BCUT2D eigenvalue weighted by molar-refractivity contribution is -0.345. The lowest BCUT2D eigenvalue weighted by Gasteiger charge is -2.28. The summed E-state index contributed by atoms with van der Waals surface area (Å²) in [6.45, 7) is 14.0. The van der Waals surface area contributed by atoms with Crippen LogP contribution in [0.5, 0.6) is 0 Å². The van der Waals surface area contributed by atoms with Crippen LogP contribution in [0, 0.1) is 11.8 Å². The predicted molar refractivity (Wildman–Crippen MR) is 218 cm³/mol. The molecule has 0 radical (unpaired) electrons. The Bertz CT molecular complexity index is 1370. The molecule has 2 aromatic rings. The Balaban J connectivity index is 1.84. The zero-order valence-electron chi connectivity index (χ0n) is 32.6. The van der Waals surface area contributed by atoms with E-state index in [1.807, 2.05) is 0 Å². The van der Waals surface area contributed by atoms with E-state index in [4.69, 9.17) is 0 Å². The third-order valence-electron chi connectivity index (χ3n) is 11.2. The Morgan fingerprint density at radius 1 is 0.531 bits per heavy atom. The van der Waals surface area contributed by atoms with E-state index in [2.05, 4.69) is 102 Å². The van der Waals surface area contributed by atoms with E-state index >= 15 is 0 Å². The van der Waals surface area contributed by atoms with E-state index in [0.29, 0.717) is 0 Å². The minimum Gasteiger partial charge on any atom is -0.493 e. The van der Waals surface area contributed by atoms with Crippen molar-refractivity contribution in [1.29, 1.82) is 0 Å². The van der Waals surface area contributed by atoms with Crippen molar-refractivity contribution in [3.63, 3.8) is 0 Å². The van der Waals surface area contributed by atoms with Crippen molar-refractivity contribution in [2.45, 2.75) is 181 Å². The summed E-state index contributed by atoms with van der Waals surface area (Å²) >= 11 is 0. The number of hydrogen-bond acceptors (Lipinski definition) is 0. The number of nitrogens with zero attached hydrogens (tertiary/aromatic N) is 2. The molecule has 0 aromatic heterocycles. The van der Waals surface area contributed by atoms with Gasteiger partial charge in [-0.15, -0.1) is 0 Å². The van der Waals surface area contributed by atoms with Gasteiger partial charge in [0.05, 0.1) is 8.07 Å². The molecule has 1 heterocycles. The zero-order valence-corrected chi connectivity index (χ0v) is 33.6. The topological polar surface area (TPSA) is 25.3 Å². The highest BCUT2D eigenvalue weighted by atomic mass is 28.3. The molecular formula is C46H70N2Si. The molecule has 0 fully saturated rings. The van der Waals surface area contributed by atoms with E-state index in [-0.39, 0.29) is 0 Å². The summed E-state index contributed by atoms with van der Waals surface area (Å²) in [5.41, 5.74) is 21.0. The first-order valence-electron chi connectivity index (χ1n) is 20.6. The van der Waals surface area contributed by atoms with Crippen LogP contribution in [0.25, 0.3) is 16.9 Å². The fraction of sp³-hybridized carbons (Fsp3) is 0.609. The summed E-state index contributed by atoms with van der Waals surface area (Å²) < 4.78 is 1.48. The van der Waals surface area contributed by atoms with Crippen LogP contribution >= 0.6 is 0 Å². The zero-order chi connectivity index (χ0) is 35.3. The number of unbranched alkanes of at least 4 members (excludes halogenated alkanes) is 13. The molecule has 268 valence electrons. The fourth-order valence-electron chi connectivity index (χ4n) is 7.48. The molecule has 0 spiro atoms. The fourth-order valence-corrected chi connectivity index (χ4v) is 10.8. The Morgan fingerprint density at radius 2 is 1.00 bits per heavy atom. The van der Waals surface area contributed by atoms with Crippen LogP contribution < -0.4 is 0 Å². The number of allylic oxidation sites excluding steroid dienone is 2. The molecule has 1 aliphatic heterocycles. The summed E-state index contributed by atoms with van der Waals surface area (Å²) in [6.07, 6.45) is 22.3. The van der Waals surface area contributed by atoms with Gasteiger partial charge in [-0.05, 0) is 68.0 Å². The van der Waals surface area contributed by atoms with Crippen molar-refractivity contribution in [2.24, 2.45) is 0 Å².